The first-order valence-corrected chi connectivity index (χ1v) is 9.42. The van der Waals surface area contributed by atoms with Gasteiger partial charge in [0.1, 0.15) is 17.8 Å². The Labute approximate surface area is 138 Å². The number of anilines is 2. The summed E-state index contributed by atoms with van der Waals surface area (Å²) in [7, 11) is -2.12. The Balaban J connectivity index is 2.08. The number of thioether (sulfide) groups is 1. The van der Waals surface area contributed by atoms with Crippen LogP contribution in [-0.2, 0) is 10.0 Å². The van der Waals surface area contributed by atoms with E-state index in [9.17, 15) is 8.42 Å². The fraction of sp³-hybridized carbons (Fsp3) is 0.143. The summed E-state index contributed by atoms with van der Waals surface area (Å²) < 4.78 is 26.3. The molecule has 0 amide bonds. The van der Waals surface area contributed by atoms with E-state index in [0.29, 0.717) is 17.2 Å². The van der Waals surface area contributed by atoms with E-state index in [0.717, 1.165) is 10.3 Å². The maximum absolute atomic E-state index is 12.0. The fourth-order valence-corrected chi connectivity index (χ4v) is 3.46. The van der Waals surface area contributed by atoms with E-state index in [-0.39, 0.29) is 4.90 Å². The van der Waals surface area contributed by atoms with Crippen LogP contribution in [0.4, 0.5) is 11.5 Å². The van der Waals surface area contributed by atoms with Crippen molar-refractivity contribution in [2.75, 3.05) is 18.6 Å². The number of nitrogens with one attached hydrogen (secondary N) is 3. The van der Waals surface area contributed by atoms with Crippen LogP contribution in [0.15, 0.2) is 46.6 Å². The van der Waals surface area contributed by atoms with E-state index in [1.165, 1.54) is 25.1 Å². The van der Waals surface area contributed by atoms with Crippen molar-refractivity contribution >= 4 is 44.3 Å². The summed E-state index contributed by atoms with van der Waals surface area (Å²) in [5, 5.41) is 4.04. The van der Waals surface area contributed by atoms with E-state index >= 15 is 0 Å². The van der Waals surface area contributed by atoms with Crippen molar-refractivity contribution in [2.24, 2.45) is 0 Å². The van der Waals surface area contributed by atoms with Crippen molar-refractivity contribution in [3.05, 3.63) is 36.8 Å². The molecule has 0 unspecified atom stereocenters. The smallest absolute Gasteiger partial charge is 0.240 e. The number of aromatic amines is 1. The molecule has 1 aromatic carbocycles. The lowest BCUT2D eigenvalue weighted by atomic mass is 10.3. The van der Waals surface area contributed by atoms with Gasteiger partial charge < -0.3 is 10.3 Å². The molecule has 3 N–H and O–H groups in total. The minimum atomic E-state index is -3.51. The van der Waals surface area contributed by atoms with E-state index in [1.54, 1.807) is 24.4 Å². The van der Waals surface area contributed by atoms with Crippen molar-refractivity contribution in [3.8, 4) is 0 Å². The molecular formula is C14H15N5O2S2. The summed E-state index contributed by atoms with van der Waals surface area (Å²) in [4.78, 5) is 12.5. The molecule has 120 valence electrons. The molecule has 2 heterocycles. The predicted molar refractivity (Wildman–Crippen MR) is 91.6 cm³/mol. The fourth-order valence-electron chi connectivity index (χ4n) is 2.17. The van der Waals surface area contributed by atoms with Gasteiger partial charge in [-0.1, -0.05) is 0 Å². The Hall–Kier alpha value is -2.10. The van der Waals surface area contributed by atoms with Crippen molar-refractivity contribution in [2.45, 2.75) is 9.79 Å². The zero-order chi connectivity index (χ0) is 16.4. The van der Waals surface area contributed by atoms with Crippen LogP contribution in [0.3, 0.4) is 0 Å². The molecular weight excluding hydrogens is 334 g/mol. The van der Waals surface area contributed by atoms with Crippen LogP contribution in [0.25, 0.3) is 11.0 Å². The minimum absolute atomic E-state index is 0.194. The van der Waals surface area contributed by atoms with Crippen LogP contribution in [-0.4, -0.2) is 36.7 Å². The average molecular weight is 349 g/mol. The first kappa shape index (κ1) is 15.8. The molecule has 0 radical (unpaired) electrons. The van der Waals surface area contributed by atoms with Gasteiger partial charge in [-0.2, -0.15) is 0 Å². The predicted octanol–water partition coefficient (Wildman–Crippen LogP) is 2.33. The minimum Gasteiger partial charge on any atom is -0.346 e. The largest absolute Gasteiger partial charge is 0.346 e. The molecule has 0 spiro atoms. The summed E-state index contributed by atoms with van der Waals surface area (Å²) in [6, 6.07) is 6.81. The topological polar surface area (TPSA) is 99.8 Å². The number of sulfonamides is 1. The molecule has 2 aromatic heterocycles. The standard InChI is InChI=1S/C14H15N5O2S2/c1-15-23(20,21)9-3-4-12(22-2)11(7-9)19-14-10-5-6-16-13(10)17-8-18-14/h3-8,15H,1-2H3,(H2,16,17,18,19). The SMILES string of the molecule is CNS(=O)(=O)c1ccc(SC)c(Nc2ncnc3[nH]ccc23)c1. The third-order valence-electron chi connectivity index (χ3n) is 3.36. The zero-order valence-electron chi connectivity index (χ0n) is 12.5. The Morgan fingerprint density at radius 1 is 1.22 bits per heavy atom. The molecule has 0 bridgehead atoms. The normalized spacial score (nSPS) is 11.7. The van der Waals surface area contributed by atoms with E-state index in [4.69, 9.17) is 0 Å². The molecule has 0 atom stereocenters. The van der Waals surface area contributed by atoms with Gasteiger partial charge in [0.2, 0.25) is 10.0 Å². The highest BCUT2D eigenvalue weighted by Gasteiger charge is 2.15. The maximum atomic E-state index is 12.0. The van der Waals surface area contributed by atoms with Crippen LogP contribution < -0.4 is 10.0 Å². The lowest BCUT2D eigenvalue weighted by Crippen LogP contribution is -2.18. The van der Waals surface area contributed by atoms with Crippen molar-refractivity contribution < 1.29 is 8.42 Å². The molecule has 3 aromatic rings. The highest BCUT2D eigenvalue weighted by atomic mass is 32.2. The summed E-state index contributed by atoms with van der Waals surface area (Å²) in [5.41, 5.74) is 1.39. The second kappa shape index (κ2) is 6.19. The van der Waals surface area contributed by atoms with Crippen LogP contribution in [0.2, 0.25) is 0 Å². The van der Waals surface area contributed by atoms with E-state index in [1.807, 2.05) is 12.3 Å². The molecule has 0 fully saturated rings. The lowest BCUT2D eigenvalue weighted by Gasteiger charge is -2.12. The van der Waals surface area contributed by atoms with Crippen molar-refractivity contribution in [3.63, 3.8) is 0 Å². The highest BCUT2D eigenvalue weighted by molar-refractivity contribution is 7.98. The van der Waals surface area contributed by atoms with Gasteiger partial charge in [0.15, 0.2) is 0 Å². The number of nitrogens with zero attached hydrogens (tertiary/aromatic N) is 2. The van der Waals surface area contributed by atoms with Crippen molar-refractivity contribution in [1.29, 1.82) is 0 Å². The number of benzene rings is 1. The van der Waals surface area contributed by atoms with Gasteiger partial charge in [0.05, 0.1) is 16.0 Å². The third-order valence-corrected chi connectivity index (χ3v) is 5.56. The van der Waals surface area contributed by atoms with Gasteiger partial charge in [-0.3, -0.25) is 0 Å². The van der Waals surface area contributed by atoms with Crippen LogP contribution in [0.5, 0.6) is 0 Å². The molecule has 0 aliphatic carbocycles. The molecule has 0 saturated heterocycles. The third kappa shape index (κ3) is 3.03. The summed E-state index contributed by atoms with van der Waals surface area (Å²) >= 11 is 1.52. The first-order valence-electron chi connectivity index (χ1n) is 6.72. The Bertz CT molecular complexity index is 953. The summed E-state index contributed by atoms with van der Waals surface area (Å²) in [6.45, 7) is 0. The van der Waals surface area contributed by atoms with Crippen LogP contribution >= 0.6 is 11.8 Å². The van der Waals surface area contributed by atoms with Gasteiger partial charge in [-0.15, -0.1) is 11.8 Å². The molecule has 9 heteroatoms. The first-order chi connectivity index (χ1) is 11.0. The highest BCUT2D eigenvalue weighted by Crippen LogP contribution is 2.31. The van der Waals surface area contributed by atoms with Crippen LogP contribution in [0, 0.1) is 0 Å². The number of rotatable bonds is 5. The Morgan fingerprint density at radius 2 is 2.04 bits per heavy atom. The number of aromatic nitrogens is 3. The summed E-state index contributed by atoms with van der Waals surface area (Å²) in [6.07, 6.45) is 5.16. The summed E-state index contributed by atoms with van der Waals surface area (Å²) in [5.74, 6) is 0.616. The number of H-pyrrole nitrogens is 1. The van der Waals surface area contributed by atoms with Gasteiger partial charge in [0, 0.05) is 11.1 Å². The molecule has 3 rings (SSSR count). The van der Waals surface area contributed by atoms with Gasteiger partial charge >= 0.3 is 0 Å². The second-order valence-electron chi connectivity index (χ2n) is 4.66. The number of hydrogen-bond acceptors (Lipinski definition) is 6. The van der Waals surface area contributed by atoms with E-state index in [2.05, 4.69) is 25.0 Å². The van der Waals surface area contributed by atoms with Crippen LogP contribution in [0.1, 0.15) is 0 Å². The molecule has 23 heavy (non-hydrogen) atoms. The molecule has 7 nitrogen and oxygen atoms in total. The number of fused-ring (bicyclic) bond motifs is 1. The number of hydrogen-bond donors (Lipinski definition) is 3. The van der Waals surface area contributed by atoms with Gasteiger partial charge in [0.25, 0.3) is 0 Å². The zero-order valence-corrected chi connectivity index (χ0v) is 14.1. The quantitative estimate of drug-likeness (QED) is 0.611. The lowest BCUT2D eigenvalue weighted by molar-refractivity contribution is 0.588. The maximum Gasteiger partial charge on any atom is 0.240 e. The monoisotopic (exact) mass is 349 g/mol. The molecule has 0 saturated carbocycles. The average Bonchev–Trinajstić information content (AvgIpc) is 3.04. The second-order valence-corrected chi connectivity index (χ2v) is 7.39. The van der Waals surface area contributed by atoms with Gasteiger partial charge in [-0.05, 0) is 37.6 Å². The molecule has 0 aliphatic heterocycles. The van der Waals surface area contributed by atoms with E-state index < -0.39 is 10.0 Å². The Morgan fingerprint density at radius 3 is 2.78 bits per heavy atom. The van der Waals surface area contributed by atoms with Gasteiger partial charge in [-0.25, -0.2) is 23.1 Å². The van der Waals surface area contributed by atoms with Crippen molar-refractivity contribution in [1.82, 2.24) is 19.7 Å². The Kier molecular flexibility index (Phi) is 4.24. The molecule has 0 aliphatic rings.